The number of hydrogen-bond donors (Lipinski definition) is 1. The summed E-state index contributed by atoms with van der Waals surface area (Å²) in [6.07, 6.45) is 4.24. The first-order valence-electron chi connectivity index (χ1n) is 8.20. The molecule has 138 valence electrons. The molecule has 1 saturated carbocycles. The van der Waals surface area contributed by atoms with Gasteiger partial charge in [-0.2, -0.15) is 0 Å². The van der Waals surface area contributed by atoms with Crippen molar-refractivity contribution >= 4 is 47.6 Å². The molecule has 1 saturated heterocycles. The minimum absolute atomic E-state index is 0. The largest absolute Gasteiger partial charge is 0.352 e. The van der Waals surface area contributed by atoms with Gasteiger partial charge in [0, 0.05) is 37.6 Å². The van der Waals surface area contributed by atoms with Gasteiger partial charge in [-0.15, -0.1) is 35.7 Å². The standard InChI is InChI=1S/C17H23FN4OS.HI/c1-19-17(20-10-12-9-13(18)3-6-15(12)24-2)21-7-8-22(14-4-5-14)16(23)11-21;/h3,6,9,14H,4-5,7-8,10-11H2,1-2H3,(H,19,20);1H. The van der Waals surface area contributed by atoms with Crippen molar-refractivity contribution < 1.29 is 9.18 Å². The van der Waals surface area contributed by atoms with E-state index >= 15 is 0 Å². The lowest BCUT2D eigenvalue weighted by molar-refractivity contribution is -0.135. The van der Waals surface area contributed by atoms with Crippen molar-refractivity contribution in [2.75, 3.05) is 32.9 Å². The number of thioether (sulfide) groups is 1. The molecule has 2 aliphatic rings. The highest BCUT2D eigenvalue weighted by molar-refractivity contribution is 14.0. The number of guanidine groups is 1. The van der Waals surface area contributed by atoms with Crippen LogP contribution in [0.3, 0.4) is 0 Å². The van der Waals surface area contributed by atoms with Crippen LogP contribution in [0.5, 0.6) is 0 Å². The predicted octanol–water partition coefficient (Wildman–Crippen LogP) is 2.55. The molecule has 0 aromatic heterocycles. The molecule has 1 aliphatic carbocycles. The summed E-state index contributed by atoms with van der Waals surface area (Å²) in [6, 6.07) is 5.27. The highest BCUT2D eigenvalue weighted by Crippen LogP contribution is 2.28. The van der Waals surface area contributed by atoms with Crippen LogP contribution in [-0.4, -0.2) is 60.6 Å². The van der Waals surface area contributed by atoms with E-state index in [-0.39, 0.29) is 35.7 Å². The fraction of sp³-hybridized carbons (Fsp3) is 0.529. The molecule has 1 amide bonds. The van der Waals surface area contributed by atoms with E-state index in [0.29, 0.717) is 25.1 Å². The Morgan fingerprint density at radius 1 is 1.40 bits per heavy atom. The van der Waals surface area contributed by atoms with Crippen molar-refractivity contribution in [2.45, 2.75) is 30.3 Å². The summed E-state index contributed by atoms with van der Waals surface area (Å²) in [4.78, 5) is 21.6. The zero-order valence-corrected chi connectivity index (χ0v) is 17.6. The monoisotopic (exact) mass is 478 g/mol. The lowest BCUT2D eigenvalue weighted by Crippen LogP contribution is -2.55. The smallest absolute Gasteiger partial charge is 0.242 e. The summed E-state index contributed by atoms with van der Waals surface area (Å²) < 4.78 is 13.5. The van der Waals surface area contributed by atoms with Crippen LogP contribution < -0.4 is 5.32 Å². The molecule has 0 bridgehead atoms. The summed E-state index contributed by atoms with van der Waals surface area (Å²) in [7, 11) is 1.71. The first-order valence-corrected chi connectivity index (χ1v) is 9.42. The molecular formula is C17H24FIN4OS. The molecular weight excluding hydrogens is 454 g/mol. The van der Waals surface area contributed by atoms with Crippen LogP contribution in [0.25, 0.3) is 0 Å². The van der Waals surface area contributed by atoms with Crippen LogP contribution >= 0.6 is 35.7 Å². The number of aliphatic imine (C=N–C) groups is 1. The van der Waals surface area contributed by atoms with E-state index in [2.05, 4.69) is 10.3 Å². The second-order valence-electron chi connectivity index (χ2n) is 6.10. The fourth-order valence-corrected chi connectivity index (χ4v) is 3.63. The predicted molar refractivity (Wildman–Crippen MR) is 110 cm³/mol. The zero-order chi connectivity index (χ0) is 17.1. The van der Waals surface area contributed by atoms with Gasteiger partial charge in [0.15, 0.2) is 5.96 Å². The molecule has 0 radical (unpaired) electrons. The van der Waals surface area contributed by atoms with Crippen LogP contribution in [0.2, 0.25) is 0 Å². The van der Waals surface area contributed by atoms with Crippen LogP contribution in [0, 0.1) is 5.82 Å². The fourth-order valence-electron chi connectivity index (χ4n) is 3.03. The van der Waals surface area contributed by atoms with Gasteiger partial charge in [-0.25, -0.2) is 4.39 Å². The van der Waals surface area contributed by atoms with Gasteiger partial charge >= 0.3 is 0 Å². The number of rotatable bonds is 4. The van der Waals surface area contributed by atoms with Crippen molar-refractivity contribution in [3.05, 3.63) is 29.6 Å². The molecule has 0 spiro atoms. The molecule has 2 fully saturated rings. The van der Waals surface area contributed by atoms with Crippen LogP contribution in [0.4, 0.5) is 4.39 Å². The number of piperazine rings is 1. The Bertz CT molecular complexity index is 654. The van der Waals surface area contributed by atoms with Crippen molar-refractivity contribution in [3.63, 3.8) is 0 Å². The molecule has 1 heterocycles. The maximum absolute atomic E-state index is 13.5. The number of halogens is 2. The van der Waals surface area contributed by atoms with E-state index in [9.17, 15) is 9.18 Å². The Morgan fingerprint density at radius 2 is 2.16 bits per heavy atom. The number of carbonyl (C=O) groups is 1. The van der Waals surface area contributed by atoms with Crippen molar-refractivity contribution in [1.82, 2.24) is 15.1 Å². The molecule has 1 N–H and O–H groups in total. The molecule has 5 nitrogen and oxygen atoms in total. The summed E-state index contributed by atoms with van der Waals surface area (Å²) >= 11 is 1.59. The number of benzene rings is 1. The third kappa shape index (κ3) is 4.99. The molecule has 1 aliphatic heterocycles. The number of carbonyl (C=O) groups excluding carboxylic acids is 1. The van der Waals surface area contributed by atoms with Gasteiger partial charge in [-0.1, -0.05) is 0 Å². The van der Waals surface area contributed by atoms with Crippen LogP contribution in [0.1, 0.15) is 18.4 Å². The first-order chi connectivity index (χ1) is 11.6. The molecule has 8 heteroatoms. The average Bonchev–Trinajstić information content (AvgIpc) is 3.40. The summed E-state index contributed by atoms with van der Waals surface area (Å²) in [6.45, 7) is 2.37. The Balaban J connectivity index is 0.00000225. The lowest BCUT2D eigenvalue weighted by atomic mass is 10.2. The maximum Gasteiger partial charge on any atom is 0.242 e. The SMILES string of the molecule is CN=C(NCc1cc(F)ccc1SC)N1CCN(C2CC2)C(=O)C1.I. The number of hydrogen-bond acceptors (Lipinski definition) is 3. The molecule has 0 atom stereocenters. The van der Waals surface area contributed by atoms with E-state index in [1.165, 1.54) is 6.07 Å². The molecule has 25 heavy (non-hydrogen) atoms. The minimum Gasteiger partial charge on any atom is -0.352 e. The first kappa shape index (κ1) is 20.3. The zero-order valence-electron chi connectivity index (χ0n) is 14.5. The van der Waals surface area contributed by atoms with Crippen LogP contribution in [0.15, 0.2) is 28.1 Å². The molecule has 0 unspecified atom stereocenters. The van der Waals surface area contributed by atoms with Gasteiger partial charge in [0.05, 0.1) is 6.54 Å². The van der Waals surface area contributed by atoms with Gasteiger partial charge in [-0.05, 0) is 42.9 Å². The maximum atomic E-state index is 13.5. The Kier molecular flexibility index (Phi) is 7.36. The number of nitrogens with one attached hydrogen (secondary N) is 1. The molecule has 1 aromatic carbocycles. The van der Waals surface area contributed by atoms with E-state index in [1.54, 1.807) is 30.9 Å². The van der Waals surface area contributed by atoms with E-state index < -0.39 is 0 Å². The number of nitrogens with zero attached hydrogens (tertiary/aromatic N) is 3. The van der Waals surface area contributed by atoms with E-state index in [0.717, 1.165) is 36.4 Å². The van der Waals surface area contributed by atoms with Gasteiger partial charge in [0.2, 0.25) is 5.91 Å². The molecule has 3 rings (SSSR count). The van der Waals surface area contributed by atoms with Gasteiger partial charge in [0.1, 0.15) is 5.82 Å². The number of amides is 1. The minimum atomic E-state index is -0.243. The van der Waals surface area contributed by atoms with E-state index in [1.807, 2.05) is 16.1 Å². The summed E-state index contributed by atoms with van der Waals surface area (Å²) in [5.41, 5.74) is 0.895. The van der Waals surface area contributed by atoms with Gasteiger partial charge in [0.25, 0.3) is 0 Å². The normalized spacial score (nSPS) is 18.2. The summed E-state index contributed by atoms with van der Waals surface area (Å²) in [5, 5.41) is 3.26. The highest BCUT2D eigenvalue weighted by atomic mass is 127. The topological polar surface area (TPSA) is 47.9 Å². The second-order valence-corrected chi connectivity index (χ2v) is 6.94. The van der Waals surface area contributed by atoms with Crippen molar-refractivity contribution in [2.24, 2.45) is 4.99 Å². The van der Waals surface area contributed by atoms with Gasteiger partial charge < -0.3 is 15.1 Å². The third-order valence-corrected chi connectivity index (χ3v) is 5.27. The Labute approximate surface area is 169 Å². The van der Waals surface area contributed by atoms with Gasteiger partial charge in [-0.3, -0.25) is 9.79 Å². The van der Waals surface area contributed by atoms with E-state index in [4.69, 9.17) is 0 Å². The van der Waals surface area contributed by atoms with Crippen molar-refractivity contribution in [1.29, 1.82) is 0 Å². The average molecular weight is 478 g/mol. The Hall–Kier alpha value is -1.03. The van der Waals surface area contributed by atoms with Crippen LogP contribution in [-0.2, 0) is 11.3 Å². The third-order valence-electron chi connectivity index (χ3n) is 4.44. The summed E-state index contributed by atoms with van der Waals surface area (Å²) in [5.74, 6) is 0.616. The second kappa shape index (κ2) is 9.07. The van der Waals surface area contributed by atoms with Crippen molar-refractivity contribution in [3.8, 4) is 0 Å². The highest BCUT2D eigenvalue weighted by Gasteiger charge is 2.36. The Morgan fingerprint density at radius 3 is 2.76 bits per heavy atom. The quantitative estimate of drug-likeness (QED) is 0.313. The molecule has 1 aromatic rings. The lowest BCUT2D eigenvalue weighted by Gasteiger charge is -2.36.